The maximum atomic E-state index is 12.1. The van der Waals surface area contributed by atoms with Crippen LogP contribution in [0.3, 0.4) is 0 Å². The summed E-state index contributed by atoms with van der Waals surface area (Å²) in [5.74, 6) is 0.831. The van der Waals surface area contributed by atoms with E-state index in [0.29, 0.717) is 30.9 Å². The lowest BCUT2D eigenvalue weighted by Gasteiger charge is -2.30. The second-order valence-corrected chi connectivity index (χ2v) is 6.06. The molecular formula is C18H27ClN2O3. The van der Waals surface area contributed by atoms with Gasteiger partial charge in [-0.2, -0.15) is 0 Å². The molecule has 1 aromatic rings. The summed E-state index contributed by atoms with van der Waals surface area (Å²) in [6.45, 7) is 3.11. The number of halogens is 1. The van der Waals surface area contributed by atoms with E-state index < -0.39 is 0 Å². The summed E-state index contributed by atoms with van der Waals surface area (Å²) < 4.78 is 5.07. The number of ketones is 1. The number of rotatable bonds is 7. The predicted molar refractivity (Wildman–Crippen MR) is 97.1 cm³/mol. The van der Waals surface area contributed by atoms with Gasteiger partial charge in [-0.3, -0.25) is 9.59 Å². The lowest BCUT2D eigenvalue weighted by atomic mass is 9.99. The smallest absolute Gasteiger partial charge is 0.220 e. The molecule has 0 spiro atoms. The van der Waals surface area contributed by atoms with Crippen LogP contribution in [0.15, 0.2) is 24.3 Å². The number of Topliss-reactive ketones (excluding diaryl/α,β-unsaturated/α-hetero) is 1. The molecule has 1 fully saturated rings. The Bertz CT molecular complexity index is 534. The highest BCUT2D eigenvalue weighted by Gasteiger charge is 2.22. The third-order valence-corrected chi connectivity index (χ3v) is 4.33. The van der Waals surface area contributed by atoms with E-state index in [0.717, 1.165) is 25.1 Å². The highest BCUT2D eigenvalue weighted by Crippen LogP contribution is 2.14. The fourth-order valence-electron chi connectivity index (χ4n) is 2.85. The molecule has 0 aromatic heterocycles. The zero-order valence-electron chi connectivity index (χ0n) is 14.3. The van der Waals surface area contributed by atoms with Crippen molar-refractivity contribution in [1.29, 1.82) is 0 Å². The van der Waals surface area contributed by atoms with E-state index in [1.807, 2.05) is 0 Å². The molecule has 2 N–H and O–H groups in total. The van der Waals surface area contributed by atoms with E-state index in [2.05, 4.69) is 17.6 Å². The Labute approximate surface area is 149 Å². The highest BCUT2D eigenvalue weighted by atomic mass is 35.5. The van der Waals surface area contributed by atoms with Crippen LogP contribution in [0, 0.1) is 0 Å². The topological polar surface area (TPSA) is 67.4 Å². The molecule has 6 heteroatoms. The molecule has 0 saturated carbocycles. The van der Waals surface area contributed by atoms with Crippen LogP contribution < -0.4 is 15.4 Å². The minimum absolute atomic E-state index is 0. The first-order valence-corrected chi connectivity index (χ1v) is 8.30. The zero-order valence-corrected chi connectivity index (χ0v) is 15.2. The number of ether oxygens (including phenoxy) is 1. The van der Waals surface area contributed by atoms with Crippen LogP contribution in [-0.2, 0) is 4.79 Å². The fourth-order valence-corrected chi connectivity index (χ4v) is 2.85. The summed E-state index contributed by atoms with van der Waals surface area (Å²) in [5.41, 5.74) is 0.663. The molecule has 1 amide bonds. The average Bonchev–Trinajstić information content (AvgIpc) is 2.57. The SMILES string of the molecule is COc1ccc(C(=O)CCCC(=O)NC2CCCNC2C)cc1.Cl. The number of carbonyl (C=O) groups is 2. The Hall–Kier alpha value is -1.59. The van der Waals surface area contributed by atoms with Crippen molar-refractivity contribution in [2.24, 2.45) is 0 Å². The number of nitrogens with one attached hydrogen (secondary N) is 2. The minimum atomic E-state index is 0. The lowest BCUT2D eigenvalue weighted by Crippen LogP contribution is -2.51. The molecule has 1 aliphatic rings. The molecule has 24 heavy (non-hydrogen) atoms. The van der Waals surface area contributed by atoms with Gasteiger partial charge >= 0.3 is 0 Å². The first-order chi connectivity index (χ1) is 11.1. The van der Waals surface area contributed by atoms with Gasteiger partial charge in [0.15, 0.2) is 5.78 Å². The summed E-state index contributed by atoms with van der Waals surface area (Å²) in [5, 5.41) is 6.43. The van der Waals surface area contributed by atoms with Gasteiger partial charge < -0.3 is 15.4 Å². The number of carbonyl (C=O) groups excluding carboxylic acids is 2. The van der Waals surface area contributed by atoms with Crippen molar-refractivity contribution in [2.45, 2.75) is 51.1 Å². The van der Waals surface area contributed by atoms with Gasteiger partial charge in [0, 0.05) is 30.5 Å². The van der Waals surface area contributed by atoms with Crippen molar-refractivity contribution in [1.82, 2.24) is 10.6 Å². The molecule has 0 aliphatic carbocycles. The van der Waals surface area contributed by atoms with Gasteiger partial charge in [-0.1, -0.05) is 0 Å². The predicted octanol–water partition coefficient (Wildman–Crippen LogP) is 2.73. The Kier molecular flexibility index (Phi) is 8.79. The lowest BCUT2D eigenvalue weighted by molar-refractivity contribution is -0.122. The maximum Gasteiger partial charge on any atom is 0.220 e. The van der Waals surface area contributed by atoms with Gasteiger partial charge in [-0.25, -0.2) is 0 Å². The molecule has 2 atom stereocenters. The Balaban J connectivity index is 0.00000288. The van der Waals surface area contributed by atoms with E-state index in [9.17, 15) is 9.59 Å². The average molecular weight is 355 g/mol. The summed E-state index contributed by atoms with van der Waals surface area (Å²) in [6, 6.07) is 7.59. The van der Waals surface area contributed by atoms with Crippen molar-refractivity contribution < 1.29 is 14.3 Å². The van der Waals surface area contributed by atoms with Crippen LogP contribution in [0.2, 0.25) is 0 Å². The van der Waals surface area contributed by atoms with Crippen molar-refractivity contribution in [3.63, 3.8) is 0 Å². The molecule has 1 saturated heterocycles. The van der Waals surface area contributed by atoms with E-state index in [-0.39, 0.29) is 30.1 Å². The van der Waals surface area contributed by atoms with Gasteiger partial charge in [0.25, 0.3) is 0 Å². The van der Waals surface area contributed by atoms with Crippen LogP contribution in [-0.4, -0.2) is 37.4 Å². The quantitative estimate of drug-likeness (QED) is 0.739. The normalized spacial score (nSPS) is 19.9. The van der Waals surface area contributed by atoms with Crippen LogP contribution >= 0.6 is 12.4 Å². The molecule has 0 radical (unpaired) electrons. The van der Waals surface area contributed by atoms with Crippen LogP contribution in [0.25, 0.3) is 0 Å². The monoisotopic (exact) mass is 354 g/mol. The Morgan fingerprint density at radius 2 is 1.96 bits per heavy atom. The van der Waals surface area contributed by atoms with Crippen molar-refractivity contribution in [3.05, 3.63) is 29.8 Å². The van der Waals surface area contributed by atoms with Gasteiger partial charge in [0.1, 0.15) is 5.75 Å². The zero-order chi connectivity index (χ0) is 16.7. The third-order valence-electron chi connectivity index (χ3n) is 4.33. The van der Waals surface area contributed by atoms with E-state index in [4.69, 9.17) is 4.74 Å². The molecule has 1 heterocycles. The second-order valence-electron chi connectivity index (χ2n) is 6.06. The van der Waals surface area contributed by atoms with E-state index in [1.54, 1.807) is 31.4 Å². The van der Waals surface area contributed by atoms with Gasteiger partial charge in [0.05, 0.1) is 7.11 Å². The molecule has 1 aliphatic heterocycles. The van der Waals surface area contributed by atoms with Crippen molar-refractivity contribution in [3.8, 4) is 5.75 Å². The molecular weight excluding hydrogens is 328 g/mol. The molecule has 1 aromatic carbocycles. The largest absolute Gasteiger partial charge is 0.497 e. The number of amides is 1. The van der Waals surface area contributed by atoms with Gasteiger partial charge in [-0.05, 0) is 57.0 Å². The highest BCUT2D eigenvalue weighted by molar-refractivity contribution is 5.96. The van der Waals surface area contributed by atoms with Crippen LogP contribution in [0.4, 0.5) is 0 Å². The number of benzene rings is 1. The van der Waals surface area contributed by atoms with Gasteiger partial charge in [-0.15, -0.1) is 12.4 Å². The summed E-state index contributed by atoms with van der Waals surface area (Å²) in [7, 11) is 1.60. The fraction of sp³-hybridized carbons (Fsp3) is 0.556. The molecule has 2 unspecified atom stereocenters. The molecule has 5 nitrogen and oxygen atoms in total. The summed E-state index contributed by atoms with van der Waals surface area (Å²) in [6.07, 6.45) is 3.46. The minimum Gasteiger partial charge on any atom is -0.497 e. The number of piperidine rings is 1. The molecule has 134 valence electrons. The maximum absolute atomic E-state index is 12.1. The number of hydrogen-bond donors (Lipinski definition) is 2. The standard InChI is InChI=1S/C18H26N2O3.ClH/c1-13-16(5-4-12-19-13)20-18(22)7-3-6-17(21)14-8-10-15(23-2)11-9-14;/h8-11,13,16,19H,3-7,12H2,1-2H3,(H,20,22);1H. The number of methoxy groups -OCH3 is 1. The first-order valence-electron chi connectivity index (χ1n) is 8.30. The Morgan fingerprint density at radius 1 is 1.25 bits per heavy atom. The molecule has 0 bridgehead atoms. The summed E-state index contributed by atoms with van der Waals surface area (Å²) in [4.78, 5) is 24.1. The van der Waals surface area contributed by atoms with E-state index in [1.165, 1.54) is 0 Å². The van der Waals surface area contributed by atoms with E-state index >= 15 is 0 Å². The van der Waals surface area contributed by atoms with Crippen LogP contribution in [0.1, 0.15) is 49.4 Å². The van der Waals surface area contributed by atoms with Gasteiger partial charge in [0.2, 0.25) is 5.91 Å². The first kappa shape index (κ1) is 20.5. The second kappa shape index (κ2) is 10.3. The van der Waals surface area contributed by atoms with Crippen molar-refractivity contribution in [2.75, 3.05) is 13.7 Å². The Morgan fingerprint density at radius 3 is 2.58 bits per heavy atom. The summed E-state index contributed by atoms with van der Waals surface area (Å²) >= 11 is 0. The van der Waals surface area contributed by atoms with Crippen molar-refractivity contribution >= 4 is 24.1 Å². The molecule has 2 rings (SSSR count). The third kappa shape index (κ3) is 6.13. The van der Waals surface area contributed by atoms with Crippen LogP contribution in [0.5, 0.6) is 5.75 Å². The number of hydrogen-bond acceptors (Lipinski definition) is 4.